The van der Waals surface area contributed by atoms with Crippen LogP contribution in [0, 0.1) is 6.92 Å². The zero-order chi connectivity index (χ0) is 11.5. The minimum atomic E-state index is 0.257. The number of nitrogens with zero attached hydrogens (tertiary/aromatic N) is 2. The fourth-order valence-electron chi connectivity index (χ4n) is 1.10. The number of rotatable bonds is 3. The summed E-state index contributed by atoms with van der Waals surface area (Å²) >= 11 is 1.86. The van der Waals surface area contributed by atoms with E-state index in [9.17, 15) is 0 Å². The normalized spacial score (nSPS) is 11.5. The van der Waals surface area contributed by atoms with Gasteiger partial charge in [0.1, 0.15) is 11.6 Å². The number of hydrogen-bond acceptors (Lipinski definition) is 4. The Bertz CT molecular complexity index is 331. The monoisotopic (exact) mass is 225 g/mol. The molecule has 1 N–H and O–H groups in total. The highest BCUT2D eigenvalue weighted by molar-refractivity contribution is 7.99. The maximum Gasteiger partial charge on any atom is 0.140 e. The second kappa shape index (κ2) is 4.84. The SMILES string of the molecule is CNc1cc(C)nc(CSC(C)(C)C)n1. The lowest BCUT2D eigenvalue weighted by molar-refractivity contribution is 0.799. The molecule has 0 unspecified atom stereocenters. The average molecular weight is 225 g/mol. The standard InChI is InChI=1S/C11H19N3S/c1-8-6-9(12-5)14-10(13-8)7-15-11(2,3)4/h6H,7H2,1-5H3,(H,12,13,14). The number of thioether (sulfide) groups is 1. The van der Waals surface area contributed by atoms with Crippen LogP contribution >= 0.6 is 11.8 Å². The van der Waals surface area contributed by atoms with Crippen LogP contribution in [0.4, 0.5) is 5.82 Å². The Kier molecular flexibility index (Phi) is 3.97. The van der Waals surface area contributed by atoms with Crippen LogP contribution in [-0.2, 0) is 5.75 Å². The van der Waals surface area contributed by atoms with Crippen LogP contribution in [0.15, 0.2) is 6.07 Å². The largest absolute Gasteiger partial charge is 0.373 e. The van der Waals surface area contributed by atoms with Gasteiger partial charge in [-0.05, 0) is 6.92 Å². The van der Waals surface area contributed by atoms with Gasteiger partial charge in [-0.25, -0.2) is 9.97 Å². The van der Waals surface area contributed by atoms with Gasteiger partial charge in [0, 0.05) is 23.6 Å². The molecular formula is C11H19N3S. The summed E-state index contributed by atoms with van der Waals surface area (Å²) in [5.41, 5.74) is 1.01. The number of aryl methyl sites for hydroxylation is 1. The van der Waals surface area contributed by atoms with Gasteiger partial charge >= 0.3 is 0 Å². The fourth-order valence-corrected chi connectivity index (χ4v) is 1.79. The van der Waals surface area contributed by atoms with Crippen molar-refractivity contribution < 1.29 is 0 Å². The number of hydrogen-bond donors (Lipinski definition) is 1. The molecule has 0 bridgehead atoms. The van der Waals surface area contributed by atoms with Gasteiger partial charge in [-0.15, -0.1) is 11.8 Å². The highest BCUT2D eigenvalue weighted by Gasteiger charge is 2.12. The molecule has 0 aliphatic carbocycles. The van der Waals surface area contributed by atoms with E-state index in [4.69, 9.17) is 0 Å². The third-order valence-electron chi connectivity index (χ3n) is 1.79. The van der Waals surface area contributed by atoms with E-state index in [1.165, 1.54) is 0 Å². The van der Waals surface area contributed by atoms with Crippen molar-refractivity contribution in [3.8, 4) is 0 Å². The topological polar surface area (TPSA) is 37.8 Å². The van der Waals surface area contributed by atoms with Crippen molar-refractivity contribution in [1.82, 2.24) is 9.97 Å². The molecule has 0 saturated heterocycles. The van der Waals surface area contributed by atoms with Crippen molar-refractivity contribution in [3.63, 3.8) is 0 Å². The molecule has 0 fully saturated rings. The van der Waals surface area contributed by atoms with Gasteiger partial charge < -0.3 is 5.32 Å². The molecule has 3 nitrogen and oxygen atoms in total. The van der Waals surface area contributed by atoms with Crippen LogP contribution in [0.3, 0.4) is 0 Å². The van der Waals surface area contributed by atoms with Crippen LogP contribution in [0.1, 0.15) is 32.3 Å². The lowest BCUT2D eigenvalue weighted by atomic mass is 10.3. The van der Waals surface area contributed by atoms with Crippen molar-refractivity contribution in [2.75, 3.05) is 12.4 Å². The molecule has 0 amide bonds. The predicted molar refractivity (Wildman–Crippen MR) is 67.4 cm³/mol. The summed E-state index contributed by atoms with van der Waals surface area (Å²) in [5, 5.41) is 3.04. The van der Waals surface area contributed by atoms with Gasteiger partial charge in [-0.1, -0.05) is 20.8 Å². The molecule has 0 atom stereocenters. The van der Waals surface area contributed by atoms with Crippen LogP contribution in [0.5, 0.6) is 0 Å². The molecule has 84 valence electrons. The molecule has 4 heteroatoms. The molecule has 1 heterocycles. The van der Waals surface area contributed by atoms with Crippen molar-refractivity contribution in [2.45, 2.75) is 38.2 Å². The summed E-state index contributed by atoms with van der Waals surface area (Å²) in [6, 6.07) is 1.95. The van der Waals surface area contributed by atoms with E-state index < -0.39 is 0 Å². The minimum Gasteiger partial charge on any atom is -0.373 e. The van der Waals surface area contributed by atoms with Crippen molar-refractivity contribution in [2.24, 2.45) is 0 Å². The second-order valence-electron chi connectivity index (χ2n) is 4.46. The summed E-state index contributed by atoms with van der Waals surface area (Å²) in [6.07, 6.45) is 0. The summed E-state index contributed by atoms with van der Waals surface area (Å²) in [4.78, 5) is 8.82. The molecule has 0 aliphatic heterocycles. The minimum absolute atomic E-state index is 0.257. The van der Waals surface area contributed by atoms with Gasteiger partial charge in [0.15, 0.2) is 0 Å². The molecule has 0 radical (unpaired) electrons. The number of aromatic nitrogens is 2. The lowest BCUT2D eigenvalue weighted by Gasteiger charge is -2.17. The highest BCUT2D eigenvalue weighted by atomic mass is 32.2. The number of nitrogens with one attached hydrogen (secondary N) is 1. The first kappa shape index (κ1) is 12.3. The maximum absolute atomic E-state index is 4.41. The summed E-state index contributed by atoms with van der Waals surface area (Å²) in [7, 11) is 1.88. The first-order chi connectivity index (χ1) is 6.90. The maximum atomic E-state index is 4.41. The molecule has 0 aromatic carbocycles. The Balaban J connectivity index is 2.73. The van der Waals surface area contributed by atoms with Crippen molar-refractivity contribution in [3.05, 3.63) is 17.6 Å². The Hall–Kier alpha value is -0.770. The summed E-state index contributed by atoms with van der Waals surface area (Å²) < 4.78 is 0.257. The first-order valence-electron chi connectivity index (χ1n) is 5.07. The van der Waals surface area contributed by atoms with E-state index >= 15 is 0 Å². The highest BCUT2D eigenvalue weighted by Crippen LogP contribution is 2.26. The molecule has 1 aromatic heterocycles. The second-order valence-corrected chi connectivity index (χ2v) is 6.26. The van der Waals surface area contributed by atoms with Gasteiger partial charge in [0.25, 0.3) is 0 Å². The van der Waals surface area contributed by atoms with E-state index in [0.29, 0.717) is 0 Å². The molecule has 1 aromatic rings. The van der Waals surface area contributed by atoms with E-state index in [-0.39, 0.29) is 4.75 Å². The average Bonchev–Trinajstić information content (AvgIpc) is 2.13. The molecule has 15 heavy (non-hydrogen) atoms. The quantitative estimate of drug-likeness (QED) is 0.858. The van der Waals surface area contributed by atoms with Crippen molar-refractivity contribution in [1.29, 1.82) is 0 Å². The van der Waals surface area contributed by atoms with Gasteiger partial charge in [0.05, 0.1) is 5.75 Å². The van der Waals surface area contributed by atoms with Crippen LogP contribution in [0.2, 0.25) is 0 Å². The number of anilines is 1. The smallest absolute Gasteiger partial charge is 0.140 e. The van der Waals surface area contributed by atoms with Crippen molar-refractivity contribution >= 4 is 17.6 Å². The van der Waals surface area contributed by atoms with E-state index in [0.717, 1.165) is 23.1 Å². The van der Waals surface area contributed by atoms with Gasteiger partial charge in [-0.3, -0.25) is 0 Å². The third-order valence-corrected chi connectivity index (χ3v) is 3.06. The van der Waals surface area contributed by atoms with Gasteiger partial charge in [-0.2, -0.15) is 0 Å². The summed E-state index contributed by atoms with van der Waals surface area (Å²) in [5.74, 6) is 2.66. The third kappa shape index (κ3) is 4.51. The van der Waals surface area contributed by atoms with E-state index in [1.807, 2.05) is 31.8 Å². The lowest BCUT2D eigenvalue weighted by Crippen LogP contribution is -2.09. The van der Waals surface area contributed by atoms with Crippen LogP contribution < -0.4 is 5.32 Å². The van der Waals surface area contributed by atoms with E-state index in [1.54, 1.807) is 0 Å². The fraction of sp³-hybridized carbons (Fsp3) is 0.636. The first-order valence-corrected chi connectivity index (χ1v) is 6.05. The molecule has 0 spiro atoms. The van der Waals surface area contributed by atoms with Gasteiger partial charge in [0.2, 0.25) is 0 Å². The molecule has 0 saturated carbocycles. The van der Waals surface area contributed by atoms with Crippen LogP contribution in [0.25, 0.3) is 0 Å². The Morgan fingerprint density at radius 1 is 1.33 bits per heavy atom. The Labute approximate surface area is 96.1 Å². The molecule has 1 rings (SSSR count). The Morgan fingerprint density at radius 3 is 2.53 bits per heavy atom. The summed E-state index contributed by atoms with van der Waals surface area (Å²) in [6.45, 7) is 8.60. The molecular weight excluding hydrogens is 206 g/mol. The zero-order valence-electron chi connectivity index (χ0n) is 10.1. The predicted octanol–water partition coefficient (Wildman–Crippen LogP) is 2.86. The van der Waals surface area contributed by atoms with E-state index in [2.05, 4.69) is 36.1 Å². The van der Waals surface area contributed by atoms with Crippen LogP contribution in [-0.4, -0.2) is 21.8 Å². The Morgan fingerprint density at radius 2 is 2.00 bits per heavy atom. The molecule has 0 aliphatic rings. The zero-order valence-corrected chi connectivity index (χ0v) is 10.9.